The molecule has 1 aromatic heterocycles. The minimum Gasteiger partial charge on any atom is -0.852 e. The second-order valence-electron chi connectivity index (χ2n) is 2.11. The van der Waals surface area contributed by atoms with Crippen molar-refractivity contribution in [3.63, 3.8) is 0 Å². The molecule has 0 atom stereocenters. The van der Waals surface area contributed by atoms with Gasteiger partial charge in [-0.2, -0.15) is 0 Å². The van der Waals surface area contributed by atoms with E-state index in [2.05, 4.69) is 4.98 Å². The predicted molar refractivity (Wildman–Crippen MR) is 36.6 cm³/mol. The molecule has 0 aromatic carbocycles. The van der Waals surface area contributed by atoms with Crippen LogP contribution in [0.1, 0.15) is 5.56 Å². The van der Waals surface area contributed by atoms with Crippen molar-refractivity contribution >= 4 is 12.7 Å². The Morgan fingerprint density at radius 2 is 2.18 bits per heavy atom. The van der Waals surface area contributed by atoms with E-state index in [1.807, 2.05) is 6.92 Å². The van der Waals surface area contributed by atoms with Crippen molar-refractivity contribution in [2.75, 3.05) is 0 Å². The molecule has 1 aromatic rings. The van der Waals surface area contributed by atoms with Crippen LogP contribution in [0.4, 0.5) is 0 Å². The summed E-state index contributed by atoms with van der Waals surface area (Å²) in [5.41, 5.74) is 1.15. The molecule has 1 heterocycles. The van der Waals surface area contributed by atoms with Crippen LogP contribution in [0.25, 0.3) is 0 Å². The summed E-state index contributed by atoms with van der Waals surface area (Å²) < 4.78 is 0. The zero-order valence-corrected chi connectivity index (χ0v) is 6.61. The van der Waals surface area contributed by atoms with Crippen LogP contribution < -0.4 is 29.5 Å². The van der Waals surface area contributed by atoms with Crippen molar-refractivity contribution in [2.45, 2.75) is 6.92 Å². The van der Waals surface area contributed by atoms with E-state index in [-0.39, 0.29) is 24.5 Å². The van der Waals surface area contributed by atoms with E-state index in [0.29, 0.717) is 0 Å². The molecule has 0 bridgehead atoms. The maximum Gasteiger partial charge on any atom is 1.00 e. The summed E-state index contributed by atoms with van der Waals surface area (Å²) in [5.74, 6) is 0. The molecule has 0 unspecified atom stereocenters. The van der Waals surface area contributed by atoms with E-state index in [1.165, 1.54) is 6.07 Å². The number of nitrogens with zero attached hydrogens (tertiary/aromatic N) is 1. The third kappa shape index (κ3) is 3.09. The molecular formula is C6H7BLiNO2. The van der Waals surface area contributed by atoms with Gasteiger partial charge in [-0.05, 0) is 18.6 Å². The number of hydrogen-bond acceptors (Lipinski definition) is 3. The van der Waals surface area contributed by atoms with Gasteiger partial charge in [-0.3, -0.25) is 4.98 Å². The van der Waals surface area contributed by atoms with Crippen LogP contribution in [-0.2, 0) is 0 Å². The Labute approximate surface area is 77.8 Å². The van der Waals surface area contributed by atoms with Crippen molar-refractivity contribution < 1.29 is 28.9 Å². The van der Waals surface area contributed by atoms with Crippen molar-refractivity contribution in [3.8, 4) is 0 Å². The topological polar surface area (TPSA) is 56.2 Å². The molecule has 1 N–H and O–H groups in total. The standard InChI is InChI=1S/C6H7BNO2.Li/c1-5-2-3-6(7(9)10)8-4-5;/h2-4,9H,1H3;/q-1;+1. The van der Waals surface area contributed by atoms with Gasteiger partial charge in [-0.15, -0.1) is 0 Å². The Balaban J connectivity index is 0.000001000. The molecular weight excluding hydrogens is 136 g/mol. The second kappa shape index (κ2) is 4.58. The number of rotatable bonds is 1. The summed E-state index contributed by atoms with van der Waals surface area (Å²) in [4.78, 5) is 3.72. The smallest absolute Gasteiger partial charge is 0.852 e. The van der Waals surface area contributed by atoms with Gasteiger partial charge in [0.1, 0.15) is 0 Å². The van der Waals surface area contributed by atoms with Crippen molar-refractivity contribution in [3.05, 3.63) is 23.9 Å². The molecule has 0 saturated carbocycles. The summed E-state index contributed by atoms with van der Waals surface area (Å²) >= 11 is 0. The molecule has 0 radical (unpaired) electrons. The van der Waals surface area contributed by atoms with Crippen molar-refractivity contribution in [2.24, 2.45) is 0 Å². The molecule has 5 heteroatoms. The number of aromatic nitrogens is 1. The normalized spacial score (nSPS) is 8.64. The monoisotopic (exact) mass is 143 g/mol. The summed E-state index contributed by atoms with van der Waals surface area (Å²) in [6.45, 7) is 1.87. The van der Waals surface area contributed by atoms with Gasteiger partial charge in [-0.1, -0.05) is 6.07 Å². The fourth-order valence-electron chi connectivity index (χ4n) is 0.625. The van der Waals surface area contributed by atoms with Gasteiger partial charge in [0.05, 0.1) is 0 Å². The summed E-state index contributed by atoms with van der Waals surface area (Å²) in [5, 5.41) is 18.8. The first-order valence-corrected chi connectivity index (χ1v) is 2.96. The Bertz CT molecular complexity index is 214. The average Bonchev–Trinajstić information content (AvgIpc) is 1.88. The van der Waals surface area contributed by atoms with Gasteiger partial charge in [-0.25, -0.2) is 0 Å². The van der Waals surface area contributed by atoms with Crippen LogP contribution in [-0.4, -0.2) is 17.1 Å². The summed E-state index contributed by atoms with van der Waals surface area (Å²) in [6, 6.07) is 3.26. The molecule has 11 heavy (non-hydrogen) atoms. The fourth-order valence-corrected chi connectivity index (χ4v) is 0.625. The van der Waals surface area contributed by atoms with Gasteiger partial charge in [0, 0.05) is 11.8 Å². The number of pyridine rings is 1. The number of aryl methyl sites for hydroxylation is 1. The second-order valence-corrected chi connectivity index (χ2v) is 2.11. The number of hydrogen-bond donors (Lipinski definition) is 1. The third-order valence-electron chi connectivity index (χ3n) is 1.19. The van der Waals surface area contributed by atoms with Crippen LogP contribution in [0.15, 0.2) is 18.3 Å². The largest absolute Gasteiger partial charge is 1.00 e. The van der Waals surface area contributed by atoms with Gasteiger partial charge in [0.15, 0.2) is 0 Å². The third-order valence-corrected chi connectivity index (χ3v) is 1.19. The summed E-state index contributed by atoms with van der Waals surface area (Å²) in [7, 11) is -1.71. The molecule has 0 aliphatic heterocycles. The Hall–Kier alpha value is -0.268. The SMILES string of the molecule is Cc1ccc(B([O-])O)nc1.[Li+]. The first kappa shape index (κ1) is 10.7. The predicted octanol–water partition coefficient (Wildman–Crippen LogP) is -4.56. The van der Waals surface area contributed by atoms with E-state index in [0.717, 1.165) is 5.56 Å². The van der Waals surface area contributed by atoms with Gasteiger partial charge in [0.2, 0.25) is 7.12 Å². The Morgan fingerprint density at radius 1 is 1.55 bits per heavy atom. The zero-order valence-electron chi connectivity index (χ0n) is 6.61. The molecule has 0 aliphatic rings. The van der Waals surface area contributed by atoms with E-state index in [9.17, 15) is 5.02 Å². The zero-order chi connectivity index (χ0) is 7.56. The maximum absolute atomic E-state index is 10.3. The maximum atomic E-state index is 10.3. The molecule has 0 fully saturated rings. The van der Waals surface area contributed by atoms with Crippen LogP contribution in [0.5, 0.6) is 0 Å². The molecule has 0 aliphatic carbocycles. The first-order valence-electron chi connectivity index (χ1n) is 2.96. The molecule has 3 nitrogen and oxygen atoms in total. The molecule has 52 valence electrons. The van der Waals surface area contributed by atoms with Crippen LogP contribution in [0, 0.1) is 6.92 Å². The minimum atomic E-state index is -1.71. The fraction of sp³-hybridized carbons (Fsp3) is 0.167. The van der Waals surface area contributed by atoms with Gasteiger partial charge in [0.25, 0.3) is 0 Å². The minimum absolute atomic E-state index is 0. The van der Waals surface area contributed by atoms with Crippen LogP contribution in [0.3, 0.4) is 0 Å². The molecule has 0 amide bonds. The van der Waals surface area contributed by atoms with Gasteiger partial charge < -0.3 is 10.0 Å². The average molecular weight is 143 g/mol. The van der Waals surface area contributed by atoms with Crippen molar-refractivity contribution in [1.29, 1.82) is 0 Å². The van der Waals surface area contributed by atoms with E-state index in [4.69, 9.17) is 5.02 Å². The first-order chi connectivity index (χ1) is 4.70. The molecule has 0 saturated heterocycles. The summed E-state index contributed by atoms with van der Waals surface area (Å²) in [6.07, 6.45) is 1.55. The molecule has 1 rings (SSSR count). The quantitative estimate of drug-likeness (QED) is 0.402. The van der Waals surface area contributed by atoms with Crippen LogP contribution >= 0.6 is 0 Å². The molecule has 0 spiro atoms. The van der Waals surface area contributed by atoms with Gasteiger partial charge >= 0.3 is 18.9 Å². The van der Waals surface area contributed by atoms with E-state index in [1.54, 1.807) is 12.3 Å². The van der Waals surface area contributed by atoms with E-state index < -0.39 is 7.12 Å². The van der Waals surface area contributed by atoms with E-state index >= 15 is 0 Å². The van der Waals surface area contributed by atoms with Crippen LogP contribution in [0.2, 0.25) is 0 Å². The van der Waals surface area contributed by atoms with Crippen molar-refractivity contribution in [1.82, 2.24) is 4.98 Å². The Morgan fingerprint density at radius 3 is 2.55 bits per heavy atom. The Kier molecular flexibility index (Phi) is 4.47.